The maximum absolute atomic E-state index is 12.1. The Labute approximate surface area is 139 Å². The molecule has 0 radical (unpaired) electrons. The van der Waals surface area contributed by atoms with E-state index in [1.54, 1.807) is 30.3 Å². The number of hydrogen-bond acceptors (Lipinski definition) is 4. The van der Waals surface area contributed by atoms with Crippen LogP contribution in [0.1, 0.15) is 40.0 Å². The Balaban J connectivity index is 1.61. The zero-order valence-electron chi connectivity index (χ0n) is 13.3. The number of nitrogens with zero attached hydrogens (tertiary/aromatic N) is 3. The fraction of sp³-hybridized carbons (Fsp3) is 0.333. The lowest BCUT2D eigenvalue weighted by Crippen LogP contribution is -2.33. The predicted molar refractivity (Wildman–Crippen MR) is 88.6 cm³/mol. The van der Waals surface area contributed by atoms with Crippen molar-refractivity contribution < 1.29 is 4.79 Å². The van der Waals surface area contributed by atoms with E-state index in [1.807, 2.05) is 6.07 Å². The van der Waals surface area contributed by atoms with Crippen LogP contribution in [0.4, 0.5) is 0 Å². The molecule has 0 fully saturated rings. The smallest absolute Gasteiger partial charge is 0.267 e. The summed E-state index contributed by atoms with van der Waals surface area (Å²) < 4.78 is 1.42. The second kappa shape index (κ2) is 7.09. The molecule has 0 spiro atoms. The van der Waals surface area contributed by atoms with Crippen molar-refractivity contribution in [3.63, 3.8) is 0 Å². The van der Waals surface area contributed by atoms with E-state index < -0.39 is 0 Å². The molecule has 1 aromatic heterocycles. The Bertz CT molecular complexity index is 847. The Hall–Kier alpha value is -2.94. The minimum absolute atomic E-state index is 0.122. The monoisotopic (exact) mass is 322 g/mol. The molecule has 0 atom stereocenters. The zero-order valence-corrected chi connectivity index (χ0v) is 13.3. The van der Waals surface area contributed by atoms with Crippen LogP contribution in [0.2, 0.25) is 0 Å². The van der Waals surface area contributed by atoms with Crippen molar-refractivity contribution >= 4 is 5.91 Å². The number of rotatable bonds is 4. The summed E-state index contributed by atoms with van der Waals surface area (Å²) in [4.78, 5) is 24.1. The Morgan fingerprint density at radius 2 is 2.00 bits per heavy atom. The number of nitrogens with one attached hydrogen (secondary N) is 1. The standard InChI is InChI=1S/C18H18N4O2/c19-12-13-5-7-14(8-6-13)18(24)20-9-10-22-17(23)11-15-3-1-2-4-16(15)21-22/h5-8,11H,1-4,9-10H2,(H,20,24). The van der Waals surface area contributed by atoms with Gasteiger partial charge in [0.05, 0.1) is 23.9 Å². The molecule has 1 amide bonds. The van der Waals surface area contributed by atoms with Gasteiger partial charge in [0.2, 0.25) is 0 Å². The van der Waals surface area contributed by atoms with Gasteiger partial charge in [-0.2, -0.15) is 10.4 Å². The molecule has 2 aromatic rings. The first-order valence-corrected chi connectivity index (χ1v) is 8.05. The van der Waals surface area contributed by atoms with Crippen LogP contribution in [0, 0.1) is 11.3 Å². The molecule has 1 heterocycles. The van der Waals surface area contributed by atoms with E-state index in [9.17, 15) is 9.59 Å². The number of nitriles is 1. The maximum Gasteiger partial charge on any atom is 0.267 e. The summed E-state index contributed by atoms with van der Waals surface area (Å²) in [6.45, 7) is 0.665. The van der Waals surface area contributed by atoms with E-state index in [4.69, 9.17) is 5.26 Å². The van der Waals surface area contributed by atoms with Crippen LogP contribution in [0.5, 0.6) is 0 Å². The molecule has 1 aliphatic carbocycles. The van der Waals surface area contributed by atoms with E-state index in [-0.39, 0.29) is 11.5 Å². The van der Waals surface area contributed by atoms with Gasteiger partial charge in [0.15, 0.2) is 0 Å². The number of benzene rings is 1. The summed E-state index contributed by atoms with van der Waals surface area (Å²) in [5.41, 5.74) is 2.93. The number of aromatic nitrogens is 2. The van der Waals surface area contributed by atoms with Crippen LogP contribution in [0.25, 0.3) is 0 Å². The van der Waals surface area contributed by atoms with Crippen LogP contribution >= 0.6 is 0 Å². The fourth-order valence-electron chi connectivity index (χ4n) is 2.83. The van der Waals surface area contributed by atoms with E-state index in [0.717, 1.165) is 36.9 Å². The van der Waals surface area contributed by atoms with E-state index in [1.165, 1.54) is 4.68 Å². The fourth-order valence-corrected chi connectivity index (χ4v) is 2.83. The van der Waals surface area contributed by atoms with E-state index in [0.29, 0.717) is 24.2 Å². The van der Waals surface area contributed by atoms with Crippen molar-refractivity contribution in [2.45, 2.75) is 32.2 Å². The Kier molecular flexibility index (Phi) is 4.71. The van der Waals surface area contributed by atoms with Crippen molar-refractivity contribution in [3.05, 3.63) is 63.1 Å². The number of carbonyl (C=O) groups is 1. The highest BCUT2D eigenvalue weighted by molar-refractivity contribution is 5.94. The highest BCUT2D eigenvalue weighted by atomic mass is 16.1. The highest BCUT2D eigenvalue weighted by Gasteiger charge is 2.13. The maximum atomic E-state index is 12.1. The van der Waals surface area contributed by atoms with Crippen LogP contribution in [0.3, 0.4) is 0 Å². The molecule has 6 heteroatoms. The normalized spacial score (nSPS) is 13.0. The zero-order chi connectivity index (χ0) is 16.9. The minimum atomic E-state index is -0.231. The van der Waals surface area contributed by atoms with Gasteiger partial charge in [-0.25, -0.2) is 4.68 Å². The largest absolute Gasteiger partial charge is 0.350 e. The third kappa shape index (κ3) is 3.51. The van der Waals surface area contributed by atoms with Crippen molar-refractivity contribution in [2.75, 3.05) is 6.54 Å². The summed E-state index contributed by atoms with van der Waals surface area (Å²) in [6.07, 6.45) is 4.05. The lowest BCUT2D eigenvalue weighted by atomic mass is 9.97. The highest BCUT2D eigenvalue weighted by Crippen LogP contribution is 2.16. The van der Waals surface area contributed by atoms with Crippen LogP contribution in [-0.4, -0.2) is 22.2 Å². The number of fused-ring (bicyclic) bond motifs is 1. The predicted octanol–water partition coefficient (Wildman–Crippen LogP) is 1.42. The van der Waals surface area contributed by atoms with Gasteiger partial charge in [-0.15, -0.1) is 0 Å². The van der Waals surface area contributed by atoms with Gasteiger partial charge in [-0.05, 0) is 55.5 Å². The summed E-state index contributed by atoms with van der Waals surface area (Å²) in [7, 11) is 0. The molecule has 1 aliphatic rings. The van der Waals surface area contributed by atoms with Crippen molar-refractivity contribution in [1.82, 2.24) is 15.1 Å². The molecular weight excluding hydrogens is 304 g/mol. The average molecular weight is 322 g/mol. The van der Waals surface area contributed by atoms with Gasteiger partial charge < -0.3 is 5.32 Å². The quantitative estimate of drug-likeness (QED) is 0.922. The van der Waals surface area contributed by atoms with Gasteiger partial charge in [0.1, 0.15) is 0 Å². The number of carbonyl (C=O) groups excluding carboxylic acids is 1. The molecule has 0 saturated heterocycles. The first kappa shape index (κ1) is 15.9. The first-order chi connectivity index (χ1) is 11.7. The van der Waals surface area contributed by atoms with Gasteiger partial charge in [0.25, 0.3) is 11.5 Å². The average Bonchev–Trinajstić information content (AvgIpc) is 2.62. The van der Waals surface area contributed by atoms with Gasteiger partial charge in [-0.1, -0.05) is 0 Å². The van der Waals surface area contributed by atoms with Gasteiger partial charge in [0, 0.05) is 18.2 Å². The van der Waals surface area contributed by atoms with Crippen LogP contribution < -0.4 is 10.9 Å². The third-order valence-electron chi connectivity index (χ3n) is 4.16. The molecule has 0 saturated carbocycles. The molecule has 3 rings (SSSR count). The number of amides is 1. The number of aryl methyl sites for hydroxylation is 2. The Morgan fingerprint density at radius 3 is 2.75 bits per heavy atom. The lowest BCUT2D eigenvalue weighted by Gasteiger charge is -2.16. The molecule has 1 N–H and O–H groups in total. The topological polar surface area (TPSA) is 87.8 Å². The van der Waals surface area contributed by atoms with Crippen molar-refractivity contribution in [1.29, 1.82) is 5.26 Å². The summed E-state index contributed by atoms with van der Waals surface area (Å²) in [5, 5.41) is 15.9. The summed E-state index contributed by atoms with van der Waals surface area (Å²) in [6, 6.07) is 10.1. The molecule has 6 nitrogen and oxygen atoms in total. The summed E-state index contributed by atoms with van der Waals surface area (Å²) in [5.74, 6) is -0.231. The lowest BCUT2D eigenvalue weighted by molar-refractivity contribution is 0.0951. The van der Waals surface area contributed by atoms with Gasteiger partial charge >= 0.3 is 0 Å². The summed E-state index contributed by atoms with van der Waals surface area (Å²) >= 11 is 0. The first-order valence-electron chi connectivity index (χ1n) is 8.05. The molecular formula is C18H18N4O2. The van der Waals surface area contributed by atoms with Gasteiger partial charge in [-0.3, -0.25) is 9.59 Å². The second-order valence-corrected chi connectivity index (χ2v) is 5.83. The number of hydrogen-bond donors (Lipinski definition) is 1. The molecule has 122 valence electrons. The Morgan fingerprint density at radius 1 is 1.25 bits per heavy atom. The van der Waals surface area contributed by atoms with E-state index >= 15 is 0 Å². The third-order valence-corrected chi connectivity index (χ3v) is 4.16. The second-order valence-electron chi connectivity index (χ2n) is 5.83. The van der Waals surface area contributed by atoms with Crippen LogP contribution in [0.15, 0.2) is 35.1 Å². The molecule has 0 unspecified atom stereocenters. The minimum Gasteiger partial charge on any atom is -0.350 e. The SMILES string of the molecule is N#Cc1ccc(C(=O)NCCn2nc3c(cc2=O)CCCC3)cc1. The molecule has 0 aliphatic heterocycles. The van der Waals surface area contributed by atoms with Crippen molar-refractivity contribution in [3.8, 4) is 6.07 Å². The van der Waals surface area contributed by atoms with Crippen molar-refractivity contribution in [2.24, 2.45) is 0 Å². The molecule has 0 bridgehead atoms. The van der Waals surface area contributed by atoms with Crippen LogP contribution in [-0.2, 0) is 19.4 Å². The molecule has 1 aromatic carbocycles. The van der Waals surface area contributed by atoms with E-state index in [2.05, 4.69) is 10.4 Å². The molecule has 24 heavy (non-hydrogen) atoms.